The van der Waals surface area contributed by atoms with E-state index in [1.807, 2.05) is 30.3 Å². The average Bonchev–Trinajstić information content (AvgIpc) is 2.37. The van der Waals surface area contributed by atoms with Crippen molar-refractivity contribution in [2.45, 2.75) is 46.1 Å². The summed E-state index contributed by atoms with van der Waals surface area (Å²) in [5.41, 5.74) is 5.74. The summed E-state index contributed by atoms with van der Waals surface area (Å²) >= 11 is 0. The summed E-state index contributed by atoms with van der Waals surface area (Å²) in [6.45, 7) is 10.8. The first-order valence-electron chi connectivity index (χ1n) is 7.15. The molecule has 1 unspecified atom stereocenters. The van der Waals surface area contributed by atoms with Gasteiger partial charge < -0.3 is 5.11 Å². The van der Waals surface area contributed by atoms with Gasteiger partial charge >= 0.3 is 0 Å². The Morgan fingerprint density at radius 3 is 1.85 bits per heavy atom. The van der Waals surface area contributed by atoms with E-state index in [4.69, 9.17) is 0 Å². The van der Waals surface area contributed by atoms with E-state index in [1.165, 1.54) is 5.56 Å². The van der Waals surface area contributed by atoms with Crippen molar-refractivity contribution < 1.29 is 5.11 Å². The molecule has 0 aliphatic carbocycles. The van der Waals surface area contributed by atoms with Crippen molar-refractivity contribution in [2.75, 3.05) is 0 Å². The Balaban J connectivity index is 2.49. The Labute approximate surface area is 122 Å². The molecule has 0 aliphatic heterocycles. The third kappa shape index (κ3) is 2.94. The van der Waals surface area contributed by atoms with Crippen LogP contribution in [-0.2, 0) is 5.41 Å². The summed E-state index contributed by atoms with van der Waals surface area (Å²) in [7, 11) is 0. The Morgan fingerprint density at radius 1 is 0.900 bits per heavy atom. The van der Waals surface area contributed by atoms with Crippen LogP contribution in [0.3, 0.4) is 0 Å². The van der Waals surface area contributed by atoms with E-state index >= 15 is 0 Å². The molecule has 0 aromatic heterocycles. The predicted octanol–water partition coefficient (Wildman–Crippen LogP) is 4.68. The maximum absolute atomic E-state index is 10.6. The van der Waals surface area contributed by atoms with Crippen molar-refractivity contribution in [3.63, 3.8) is 0 Å². The lowest BCUT2D eigenvalue weighted by atomic mass is 9.82. The minimum Gasteiger partial charge on any atom is -0.384 e. The van der Waals surface area contributed by atoms with Crippen LogP contribution in [0.2, 0.25) is 0 Å². The van der Waals surface area contributed by atoms with Crippen molar-refractivity contribution in [1.82, 2.24) is 0 Å². The lowest BCUT2D eigenvalue weighted by molar-refractivity contribution is 0.218. The van der Waals surface area contributed by atoms with Crippen LogP contribution in [0.1, 0.15) is 54.7 Å². The molecular formula is C19H24O. The van der Waals surface area contributed by atoms with Crippen LogP contribution in [0.25, 0.3) is 0 Å². The number of benzene rings is 2. The number of hydrogen-bond donors (Lipinski definition) is 1. The Morgan fingerprint density at radius 2 is 1.40 bits per heavy atom. The fraction of sp³-hybridized carbons (Fsp3) is 0.368. The zero-order chi connectivity index (χ0) is 14.9. The lowest BCUT2D eigenvalue weighted by Crippen LogP contribution is -2.14. The van der Waals surface area contributed by atoms with E-state index in [9.17, 15) is 5.11 Å². The lowest BCUT2D eigenvalue weighted by Gasteiger charge is -2.24. The first-order chi connectivity index (χ1) is 9.30. The van der Waals surface area contributed by atoms with Gasteiger partial charge in [0.2, 0.25) is 0 Å². The van der Waals surface area contributed by atoms with Crippen molar-refractivity contribution >= 4 is 0 Å². The molecular weight excluding hydrogens is 244 g/mol. The molecule has 0 saturated carbocycles. The molecule has 0 bridgehead atoms. The highest BCUT2D eigenvalue weighted by molar-refractivity contribution is 5.44. The normalized spacial score (nSPS) is 13.3. The molecule has 0 aliphatic rings. The van der Waals surface area contributed by atoms with Gasteiger partial charge in [0.15, 0.2) is 0 Å². The van der Waals surface area contributed by atoms with Crippen LogP contribution in [0, 0.1) is 13.8 Å². The molecule has 1 atom stereocenters. The molecule has 1 nitrogen and oxygen atoms in total. The first-order valence-corrected chi connectivity index (χ1v) is 7.15. The van der Waals surface area contributed by atoms with Crippen LogP contribution in [-0.4, -0.2) is 5.11 Å². The molecule has 106 valence electrons. The van der Waals surface area contributed by atoms with Gasteiger partial charge in [0.25, 0.3) is 0 Å². The van der Waals surface area contributed by atoms with Gasteiger partial charge in [0.05, 0.1) is 0 Å². The summed E-state index contributed by atoms with van der Waals surface area (Å²) in [5.74, 6) is 0. The number of aliphatic hydroxyl groups is 1. The third-order valence-corrected chi connectivity index (χ3v) is 3.85. The molecule has 2 aromatic rings. The highest BCUT2D eigenvalue weighted by Crippen LogP contribution is 2.32. The van der Waals surface area contributed by atoms with Gasteiger partial charge in [0.1, 0.15) is 6.10 Å². The molecule has 2 aromatic carbocycles. The van der Waals surface area contributed by atoms with E-state index < -0.39 is 6.10 Å². The van der Waals surface area contributed by atoms with Crippen molar-refractivity contribution in [2.24, 2.45) is 0 Å². The predicted molar refractivity (Wildman–Crippen MR) is 85.1 cm³/mol. The highest BCUT2D eigenvalue weighted by Gasteiger charge is 2.20. The van der Waals surface area contributed by atoms with E-state index in [2.05, 4.69) is 46.8 Å². The van der Waals surface area contributed by atoms with Gasteiger partial charge in [-0.15, -0.1) is 0 Å². The topological polar surface area (TPSA) is 20.2 Å². The van der Waals surface area contributed by atoms with E-state index in [0.29, 0.717) is 0 Å². The van der Waals surface area contributed by atoms with Gasteiger partial charge in [-0.25, -0.2) is 0 Å². The number of rotatable bonds is 2. The minimum atomic E-state index is -0.551. The van der Waals surface area contributed by atoms with E-state index in [0.717, 1.165) is 22.3 Å². The summed E-state index contributed by atoms with van der Waals surface area (Å²) in [6, 6.07) is 14.3. The van der Waals surface area contributed by atoms with Crippen LogP contribution in [0.5, 0.6) is 0 Å². The quantitative estimate of drug-likeness (QED) is 0.838. The third-order valence-electron chi connectivity index (χ3n) is 3.85. The Hall–Kier alpha value is -1.60. The summed E-state index contributed by atoms with van der Waals surface area (Å²) < 4.78 is 0. The zero-order valence-corrected chi connectivity index (χ0v) is 13.1. The molecule has 0 saturated heterocycles. The number of aliphatic hydroxyl groups excluding tert-OH is 1. The van der Waals surface area contributed by atoms with Crippen LogP contribution >= 0.6 is 0 Å². The number of hydrogen-bond acceptors (Lipinski definition) is 1. The largest absolute Gasteiger partial charge is 0.384 e. The van der Waals surface area contributed by atoms with Gasteiger partial charge in [0, 0.05) is 0 Å². The molecule has 0 fully saturated rings. The fourth-order valence-electron chi connectivity index (χ4n) is 2.64. The molecule has 0 amide bonds. The second-order valence-corrected chi connectivity index (χ2v) is 6.59. The van der Waals surface area contributed by atoms with E-state index in [-0.39, 0.29) is 5.41 Å². The maximum atomic E-state index is 10.6. The summed E-state index contributed by atoms with van der Waals surface area (Å²) in [4.78, 5) is 0. The maximum Gasteiger partial charge on any atom is 0.105 e. The average molecular weight is 268 g/mol. The Kier molecular flexibility index (Phi) is 4.01. The fourth-order valence-corrected chi connectivity index (χ4v) is 2.64. The van der Waals surface area contributed by atoms with Crippen molar-refractivity contribution in [1.29, 1.82) is 0 Å². The minimum absolute atomic E-state index is 0.131. The SMILES string of the molecule is Cc1cc(C(C)(C)C)cc(C)c1C(O)c1ccccc1. The summed E-state index contributed by atoms with van der Waals surface area (Å²) in [6.07, 6.45) is -0.551. The van der Waals surface area contributed by atoms with Gasteiger partial charge in [-0.1, -0.05) is 63.2 Å². The standard InChI is InChI=1S/C19H24O/c1-13-11-16(19(3,4)5)12-14(2)17(13)18(20)15-9-7-6-8-10-15/h6-12,18,20H,1-5H3. The molecule has 0 radical (unpaired) electrons. The van der Waals surface area contributed by atoms with Crippen molar-refractivity contribution in [3.05, 3.63) is 70.3 Å². The molecule has 2 rings (SSSR count). The highest BCUT2D eigenvalue weighted by atomic mass is 16.3. The van der Waals surface area contributed by atoms with Gasteiger partial charge in [-0.05, 0) is 47.1 Å². The van der Waals surface area contributed by atoms with Crippen LogP contribution in [0.4, 0.5) is 0 Å². The zero-order valence-electron chi connectivity index (χ0n) is 13.1. The monoisotopic (exact) mass is 268 g/mol. The molecule has 1 N–H and O–H groups in total. The first kappa shape index (κ1) is 14.8. The molecule has 0 heterocycles. The molecule has 20 heavy (non-hydrogen) atoms. The second-order valence-electron chi connectivity index (χ2n) is 6.59. The Bertz CT molecular complexity index is 568. The van der Waals surface area contributed by atoms with Crippen LogP contribution in [0.15, 0.2) is 42.5 Å². The smallest absolute Gasteiger partial charge is 0.105 e. The van der Waals surface area contributed by atoms with Crippen LogP contribution < -0.4 is 0 Å². The van der Waals surface area contributed by atoms with Gasteiger partial charge in [-0.2, -0.15) is 0 Å². The molecule has 1 heteroatoms. The van der Waals surface area contributed by atoms with Crippen molar-refractivity contribution in [3.8, 4) is 0 Å². The second kappa shape index (κ2) is 5.41. The van der Waals surface area contributed by atoms with E-state index in [1.54, 1.807) is 0 Å². The molecule has 0 spiro atoms. The van der Waals surface area contributed by atoms with Gasteiger partial charge in [-0.3, -0.25) is 0 Å². The number of aryl methyl sites for hydroxylation is 2. The summed E-state index contributed by atoms with van der Waals surface area (Å²) in [5, 5.41) is 10.6.